The van der Waals surface area contributed by atoms with Gasteiger partial charge in [-0.1, -0.05) is 30.3 Å². The highest BCUT2D eigenvalue weighted by atomic mass is 16.3. The van der Waals surface area contributed by atoms with Crippen LogP contribution >= 0.6 is 0 Å². The molecule has 0 aromatic heterocycles. The van der Waals surface area contributed by atoms with Gasteiger partial charge in [-0.25, -0.2) is 0 Å². The van der Waals surface area contributed by atoms with Gasteiger partial charge in [0.2, 0.25) is 0 Å². The lowest BCUT2D eigenvalue weighted by Gasteiger charge is -2.21. The minimum Gasteiger partial charge on any atom is -0.396 e. The van der Waals surface area contributed by atoms with Gasteiger partial charge in [-0.15, -0.1) is 0 Å². The molecule has 0 aliphatic heterocycles. The van der Waals surface area contributed by atoms with Crippen molar-refractivity contribution in [2.45, 2.75) is 25.4 Å². The Hall–Kier alpha value is -0.860. The molecule has 0 radical (unpaired) electrons. The first-order valence-electron chi connectivity index (χ1n) is 4.51. The van der Waals surface area contributed by atoms with E-state index in [2.05, 4.69) is 0 Å². The molecule has 0 aliphatic carbocycles. The second-order valence-electron chi connectivity index (χ2n) is 3.63. The van der Waals surface area contributed by atoms with Crippen LogP contribution in [0, 0.1) is 0 Å². The zero-order valence-electron chi connectivity index (χ0n) is 7.90. The Morgan fingerprint density at radius 1 is 1.23 bits per heavy atom. The Bertz CT molecular complexity index is 242. The Kier molecular flexibility index (Phi) is 3.46. The van der Waals surface area contributed by atoms with E-state index >= 15 is 0 Å². The summed E-state index contributed by atoms with van der Waals surface area (Å²) in [6.07, 6.45) is 1.01. The largest absolute Gasteiger partial charge is 0.396 e. The monoisotopic (exact) mass is 180 g/mol. The van der Waals surface area contributed by atoms with Gasteiger partial charge < -0.3 is 10.2 Å². The third-order valence-corrected chi connectivity index (χ3v) is 2.08. The lowest BCUT2D eigenvalue weighted by molar-refractivity contribution is 0.0338. The molecule has 2 N–H and O–H groups in total. The highest BCUT2D eigenvalue weighted by Gasteiger charge is 2.19. The zero-order chi connectivity index (χ0) is 9.73. The fourth-order valence-corrected chi connectivity index (χ4v) is 1.36. The molecule has 1 aromatic carbocycles. The van der Waals surface area contributed by atoms with E-state index in [1.807, 2.05) is 30.3 Å². The summed E-state index contributed by atoms with van der Waals surface area (Å²) in [5, 5.41) is 18.5. The van der Waals surface area contributed by atoms with E-state index in [4.69, 9.17) is 5.11 Å². The molecule has 13 heavy (non-hydrogen) atoms. The molecule has 0 saturated carbocycles. The number of hydrogen-bond acceptors (Lipinski definition) is 2. The Morgan fingerprint density at radius 2 is 1.85 bits per heavy atom. The third kappa shape index (κ3) is 3.57. The van der Waals surface area contributed by atoms with Crippen molar-refractivity contribution in [3.05, 3.63) is 35.9 Å². The summed E-state index contributed by atoms with van der Waals surface area (Å²) in [6.45, 7) is 1.77. The van der Waals surface area contributed by atoms with E-state index in [1.165, 1.54) is 0 Å². The van der Waals surface area contributed by atoms with Crippen LogP contribution in [0.25, 0.3) is 0 Å². The molecule has 1 aromatic rings. The third-order valence-electron chi connectivity index (χ3n) is 2.08. The van der Waals surface area contributed by atoms with Gasteiger partial charge >= 0.3 is 0 Å². The first kappa shape index (κ1) is 10.2. The van der Waals surface area contributed by atoms with Gasteiger partial charge in [0.15, 0.2) is 0 Å². The molecule has 0 heterocycles. The molecule has 1 atom stereocenters. The van der Waals surface area contributed by atoms with Crippen LogP contribution in [0.15, 0.2) is 30.3 Å². The zero-order valence-corrected chi connectivity index (χ0v) is 7.90. The van der Waals surface area contributed by atoms with E-state index in [1.54, 1.807) is 6.92 Å². The summed E-state index contributed by atoms with van der Waals surface area (Å²) in [7, 11) is 0. The smallest absolute Gasteiger partial charge is 0.0681 e. The molecule has 0 fully saturated rings. The van der Waals surface area contributed by atoms with Crippen LogP contribution in [0.3, 0.4) is 0 Å². The lowest BCUT2D eigenvalue weighted by atomic mass is 9.94. The first-order chi connectivity index (χ1) is 6.14. The second-order valence-corrected chi connectivity index (χ2v) is 3.63. The molecule has 0 spiro atoms. The molecule has 72 valence electrons. The highest BCUT2D eigenvalue weighted by molar-refractivity contribution is 5.16. The van der Waals surface area contributed by atoms with Crippen LogP contribution in [-0.2, 0) is 6.42 Å². The standard InChI is InChI=1S/C11H16O2/c1-11(13,7-8-12)9-10-5-3-2-4-6-10/h2-6,12-13H,7-9H2,1H3/t11-/m1/s1. The second kappa shape index (κ2) is 4.40. The summed E-state index contributed by atoms with van der Waals surface area (Å²) in [5.74, 6) is 0. The fourth-order valence-electron chi connectivity index (χ4n) is 1.36. The molecule has 0 aliphatic rings. The van der Waals surface area contributed by atoms with Crippen molar-refractivity contribution in [1.82, 2.24) is 0 Å². The van der Waals surface area contributed by atoms with Crippen LogP contribution < -0.4 is 0 Å². The van der Waals surface area contributed by atoms with E-state index < -0.39 is 5.60 Å². The number of hydrogen-bond donors (Lipinski definition) is 2. The Morgan fingerprint density at radius 3 is 2.38 bits per heavy atom. The number of benzene rings is 1. The average Bonchev–Trinajstić information content (AvgIpc) is 2.04. The van der Waals surface area contributed by atoms with Crippen molar-refractivity contribution >= 4 is 0 Å². The van der Waals surface area contributed by atoms with E-state index in [-0.39, 0.29) is 6.61 Å². The Labute approximate surface area is 78.8 Å². The highest BCUT2D eigenvalue weighted by Crippen LogP contribution is 2.15. The van der Waals surface area contributed by atoms with Crippen molar-refractivity contribution in [1.29, 1.82) is 0 Å². The Balaban J connectivity index is 2.58. The fraction of sp³-hybridized carbons (Fsp3) is 0.455. The minimum atomic E-state index is -0.796. The van der Waals surface area contributed by atoms with Crippen molar-refractivity contribution < 1.29 is 10.2 Å². The van der Waals surface area contributed by atoms with Gasteiger partial charge in [0.1, 0.15) is 0 Å². The molecule has 2 heteroatoms. The van der Waals surface area contributed by atoms with E-state index in [9.17, 15) is 5.11 Å². The van der Waals surface area contributed by atoms with Crippen LogP contribution in [-0.4, -0.2) is 22.4 Å². The van der Waals surface area contributed by atoms with Crippen molar-refractivity contribution in [2.75, 3.05) is 6.61 Å². The van der Waals surface area contributed by atoms with Gasteiger partial charge in [-0.2, -0.15) is 0 Å². The molecule has 2 nitrogen and oxygen atoms in total. The summed E-state index contributed by atoms with van der Waals surface area (Å²) in [5.41, 5.74) is 0.303. The van der Waals surface area contributed by atoms with Crippen LogP contribution in [0.2, 0.25) is 0 Å². The van der Waals surface area contributed by atoms with E-state index in [0.717, 1.165) is 5.56 Å². The van der Waals surface area contributed by atoms with Gasteiger partial charge in [0.05, 0.1) is 5.60 Å². The first-order valence-corrected chi connectivity index (χ1v) is 4.51. The average molecular weight is 180 g/mol. The topological polar surface area (TPSA) is 40.5 Å². The SMILES string of the molecule is C[C@@](O)(CCO)Cc1ccccc1. The molecule has 0 bridgehead atoms. The van der Waals surface area contributed by atoms with Crippen molar-refractivity contribution in [3.8, 4) is 0 Å². The maximum Gasteiger partial charge on any atom is 0.0681 e. The van der Waals surface area contributed by atoms with Crippen LogP contribution in [0.5, 0.6) is 0 Å². The summed E-state index contributed by atoms with van der Waals surface area (Å²) >= 11 is 0. The summed E-state index contributed by atoms with van der Waals surface area (Å²) in [4.78, 5) is 0. The maximum absolute atomic E-state index is 9.81. The molecule has 1 rings (SSSR count). The molecular formula is C11H16O2. The maximum atomic E-state index is 9.81. The van der Waals surface area contributed by atoms with Crippen molar-refractivity contribution in [2.24, 2.45) is 0 Å². The van der Waals surface area contributed by atoms with Gasteiger partial charge in [-0.3, -0.25) is 0 Å². The molecule has 0 amide bonds. The van der Waals surface area contributed by atoms with Gasteiger partial charge in [-0.05, 0) is 18.9 Å². The normalized spacial score (nSPS) is 15.3. The van der Waals surface area contributed by atoms with Gasteiger partial charge in [0.25, 0.3) is 0 Å². The van der Waals surface area contributed by atoms with Crippen LogP contribution in [0.1, 0.15) is 18.9 Å². The predicted molar refractivity (Wildman–Crippen MR) is 52.5 cm³/mol. The molecule has 0 saturated heterocycles. The minimum absolute atomic E-state index is 0.0276. The van der Waals surface area contributed by atoms with E-state index in [0.29, 0.717) is 12.8 Å². The quantitative estimate of drug-likeness (QED) is 0.734. The lowest BCUT2D eigenvalue weighted by Crippen LogP contribution is -2.28. The molecular weight excluding hydrogens is 164 g/mol. The van der Waals surface area contributed by atoms with Gasteiger partial charge in [0, 0.05) is 13.0 Å². The predicted octanol–water partition coefficient (Wildman–Crippen LogP) is 1.36. The number of aliphatic hydroxyl groups is 2. The number of aliphatic hydroxyl groups excluding tert-OH is 1. The molecule has 0 unspecified atom stereocenters. The van der Waals surface area contributed by atoms with Crippen molar-refractivity contribution in [3.63, 3.8) is 0 Å². The summed E-state index contributed by atoms with van der Waals surface area (Å²) < 4.78 is 0. The summed E-state index contributed by atoms with van der Waals surface area (Å²) in [6, 6.07) is 9.80. The number of rotatable bonds is 4. The van der Waals surface area contributed by atoms with Crippen LogP contribution in [0.4, 0.5) is 0 Å².